The summed E-state index contributed by atoms with van der Waals surface area (Å²) in [7, 11) is 1.81. The first kappa shape index (κ1) is 28.6. The van der Waals surface area contributed by atoms with Gasteiger partial charge in [0.05, 0.1) is 6.42 Å². The lowest BCUT2D eigenvalue weighted by molar-refractivity contribution is -0.127. The molecule has 0 spiro atoms. The number of nitrogens with zero attached hydrogens (tertiary/aromatic N) is 2. The van der Waals surface area contributed by atoms with Crippen molar-refractivity contribution in [2.24, 2.45) is 10.9 Å². The fourth-order valence-electron chi connectivity index (χ4n) is 4.80. The Morgan fingerprint density at radius 2 is 1.83 bits per heavy atom. The van der Waals surface area contributed by atoms with Crippen molar-refractivity contribution in [1.29, 1.82) is 0 Å². The van der Waals surface area contributed by atoms with Crippen molar-refractivity contribution in [2.75, 3.05) is 13.6 Å². The number of amides is 1. The summed E-state index contributed by atoms with van der Waals surface area (Å²) in [6.45, 7) is 15.6. The molecule has 1 aliphatic heterocycles. The smallest absolute Gasteiger partial charge is 0.232 e. The van der Waals surface area contributed by atoms with Crippen LogP contribution in [0.25, 0.3) is 12.2 Å². The number of fused-ring (bicyclic) bond motifs is 1. The van der Waals surface area contributed by atoms with Gasteiger partial charge in [0.1, 0.15) is 5.84 Å². The van der Waals surface area contributed by atoms with Crippen LogP contribution < -0.4 is 10.4 Å². The van der Waals surface area contributed by atoms with Gasteiger partial charge in [-0.15, -0.1) is 0 Å². The number of likely N-dealkylation sites (tertiary alicyclic amines) is 1. The van der Waals surface area contributed by atoms with Crippen molar-refractivity contribution in [3.05, 3.63) is 69.7 Å². The van der Waals surface area contributed by atoms with E-state index in [9.17, 15) is 4.79 Å². The number of hydrogen-bond acceptors (Lipinski definition) is 2. The molecule has 1 fully saturated rings. The Hall–Kier alpha value is -2.68. The Morgan fingerprint density at radius 3 is 2.49 bits per heavy atom. The minimum Gasteiger partial charge on any atom is -0.296 e. The zero-order valence-corrected chi connectivity index (χ0v) is 23.0. The Morgan fingerprint density at radius 1 is 1.11 bits per heavy atom. The van der Waals surface area contributed by atoms with Gasteiger partial charge < -0.3 is 0 Å². The highest BCUT2D eigenvalue weighted by molar-refractivity contribution is 6.14. The summed E-state index contributed by atoms with van der Waals surface area (Å²) in [5, 5.41) is 2.60. The van der Waals surface area contributed by atoms with E-state index in [1.807, 2.05) is 25.8 Å². The first-order valence-electron chi connectivity index (χ1n) is 13.6. The third-order valence-corrected chi connectivity index (χ3v) is 6.52. The summed E-state index contributed by atoms with van der Waals surface area (Å²) >= 11 is 0. The van der Waals surface area contributed by atoms with Crippen LogP contribution in [0.2, 0.25) is 0 Å². The van der Waals surface area contributed by atoms with Gasteiger partial charge in [0.2, 0.25) is 5.91 Å². The summed E-state index contributed by atoms with van der Waals surface area (Å²) in [5.41, 5.74) is 4.95. The second kappa shape index (κ2) is 14.7. The van der Waals surface area contributed by atoms with Crippen LogP contribution in [0, 0.1) is 5.92 Å². The fourth-order valence-corrected chi connectivity index (χ4v) is 4.80. The average molecular weight is 477 g/mol. The van der Waals surface area contributed by atoms with Gasteiger partial charge in [-0.05, 0) is 54.0 Å². The van der Waals surface area contributed by atoms with Crippen LogP contribution in [0.3, 0.4) is 0 Å². The summed E-state index contributed by atoms with van der Waals surface area (Å²) < 4.78 is 0. The van der Waals surface area contributed by atoms with E-state index < -0.39 is 0 Å². The van der Waals surface area contributed by atoms with Crippen LogP contribution in [-0.4, -0.2) is 30.2 Å². The zero-order valence-electron chi connectivity index (χ0n) is 23.0. The lowest BCUT2D eigenvalue weighted by atomic mass is 9.86. The predicted molar refractivity (Wildman–Crippen MR) is 155 cm³/mol. The molecule has 1 amide bonds. The maximum absolute atomic E-state index is 12.8. The first-order valence-corrected chi connectivity index (χ1v) is 13.6. The van der Waals surface area contributed by atoms with Crippen LogP contribution >= 0.6 is 0 Å². The summed E-state index contributed by atoms with van der Waals surface area (Å²) in [5.74, 6) is 1.35. The Kier molecular flexibility index (Phi) is 12.0. The molecule has 1 aromatic carbocycles. The molecular formula is C32H48N2O. The van der Waals surface area contributed by atoms with E-state index in [2.05, 4.69) is 74.8 Å². The quantitative estimate of drug-likeness (QED) is 0.354. The highest BCUT2D eigenvalue weighted by atomic mass is 16.2. The lowest BCUT2D eigenvalue weighted by Gasteiger charge is -2.34. The molecule has 1 saturated heterocycles. The van der Waals surface area contributed by atoms with Crippen LogP contribution in [0.4, 0.5) is 0 Å². The van der Waals surface area contributed by atoms with Gasteiger partial charge >= 0.3 is 0 Å². The standard InChI is InChI=1S/C30H40N2O.C2H6.H2/c1-6-7-8-13-27(19-16-24-14-17-25-11-9-10-12-26(25)18-15-24)29-23(4)20-28(33)32(21-22(2)3)30(29)31-5;1-2;/h9-12,14,17-18,22H,4,6-8,13,15-16,19-21H2,1-3,5H3;1-2H3;1H/b29-27-,31-30?;;. The minimum atomic E-state index is 0. The van der Waals surface area contributed by atoms with Crippen LogP contribution in [0.1, 0.15) is 87.4 Å². The largest absolute Gasteiger partial charge is 0.296 e. The molecule has 35 heavy (non-hydrogen) atoms. The molecule has 0 aromatic heterocycles. The predicted octanol–water partition coefficient (Wildman–Crippen LogP) is 6.98. The molecule has 3 heteroatoms. The molecule has 0 saturated carbocycles. The molecule has 1 aliphatic carbocycles. The molecule has 0 bridgehead atoms. The van der Waals surface area contributed by atoms with E-state index in [0.717, 1.165) is 42.7 Å². The van der Waals surface area contributed by atoms with Crippen LogP contribution in [0.15, 0.2) is 64.2 Å². The summed E-state index contributed by atoms with van der Waals surface area (Å²) in [6.07, 6.45) is 14.9. The molecule has 3 rings (SSSR count). The monoisotopic (exact) mass is 476 g/mol. The number of carbonyl (C=O) groups is 1. The van der Waals surface area contributed by atoms with E-state index in [4.69, 9.17) is 0 Å². The normalized spacial score (nSPS) is 18.2. The molecule has 0 radical (unpaired) electrons. The molecule has 0 N–H and O–H groups in total. The summed E-state index contributed by atoms with van der Waals surface area (Å²) in [6, 6.07) is 8.58. The molecule has 1 heterocycles. The average Bonchev–Trinajstić information content (AvgIpc) is 3.06. The lowest BCUT2D eigenvalue weighted by Crippen LogP contribution is -2.44. The zero-order chi connectivity index (χ0) is 25.8. The van der Waals surface area contributed by atoms with Gasteiger partial charge in [0.15, 0.2) is 0 Å². The molecule has 0 atom stereocenters. The van der Waals surface area contributed by atoms with Crippen LogP contribution in [0.5, 0.6) is 0 Å². The van der Waals surface area contributed by atoms with Crippen molar-refractivity contribution in [2.45, 2.75) is 86.0 Å². The van der Waals surface area contributed by atoms with Crippen molar-refractivity contribution < 1.29 is 6.22 Å². The maximum Gasteiger partial charge on any atom is 0.232 e. The number of amidine groups is 1. The SMILES string of the molecule is C=C1CC(=O)N(CC(C)C)C(=NC)/C1=C(/CCCCC)CCC1=CC=c2ccccc2=CC1.CC.[HH]. The molecule has 0 unspecified atom stereocenters. The fraction of sp³-hybridized carbons (Fsp3) is 0.500. The number of aliphatic imine (C=N–C) groups is 1. The van der Waals surface area contributed by atoms with Gasteiger partial charge in [0.25, 0.3) is 0 Å². The number of unbranched alkanes of at least 4 members (excludes halogenated alkanes) is 2. The van der Waals surface area contributed by atoms with E-state index in [1.165, 1.54) is 40.8 Å². The van der Waals surface area contributed by atoms with Crippen molar-refractivity contribution in [3.63, 3.8) is 0 Å². The molecule has 1 aromatic rings. The van der Waals surface area contributed by atoms with Crippen molar-refractivity contribution in [1.82, 2.24) is 4.90 Å². The number of benzene rings is 1. The third-order valence-electron chi connectivity index (χ3n) is 6.52. The number of hydrogen-bond donors (Lipinski definition) is 0. The number of rotatable bonds is 9. The highest BCUT2D eigenvalue weighted by Crippen LogP contribution is 2.33. The highest BCUT2D eigenvalue weighted by Gasteiger charge is 2.32. The third kappa shape index (κ3) is 7.92. The van der Waals surface area contributed by atoms with E-state index in [1.54, 1.807) is 0 Å². The topological polar surface area (TPSA) is 32.7 Å². The molecular weight excluding hydrogens is 428 g/mol. The number of allylic oxidation sites excluding steroid dienone is 3. The number of carbonyl (C=O) groups excluding carboxylic acids is 1. The molecule has 192 valence electrons. The van der Waals surface area contributed by atoms with Gasteiger partial charge in [0, 0.05) is 20.6 Å². The van der Waals surface area contributed by atoms with Crippen molar-refractivity contribution in [3.8, 4) is 0 Å². The van der Waals surface area contributed by atoms with E-state index >= 15 is 0 Å². The van der Waals surface area contributed by atoms with Gasteiger partial charge in [-0.25, -0.2) is 0 Å². The Labute approximate surface area is 215 Å². The van der Waals surface area contributed by atoms with E-state index in [-0.39, 0.29) is 7.33 Å². The van der Waals surface area contributed by atoms with Gasteiger partial charge in [-0.2, -0.15) is 0 Å². The Bertz CT molecular complexity index is 1090. The first-order chi connectivity index (χ1) is 16.9. The van der Waals surface area contributed by atoms with E-state index in [0.29, 0.717) is 18.9 Å². The Balaban J connectivity index is 0.00000211. The maximum atomic E-state index is 12.8. The molecule has 2 aliphatic rings. The van der Waals surface area contributed by atoms with Gasteiger partial charge in [-0.3, -0.25) is 14.7 Å². The second-order valence-electron chi connectivity index (χ2n) is 9.69. The van der Waals surface area contributed by atoms with Crippen LogP contribution in [-0.2, 0) is 4.79 Å². The van der Waals surface area contributed by atoms with Gasteiger partial charge in [-0.1, -0.05) is 108 Å². The molecule has 3 nitrogen and oxygen atoms in total. The number of piperidine rings is 1. The summed E-state index contributed by atoms with van der Waals surface area (Å²) in [4.78, 5) is 19.4. The van der Waals surface area contributed by atoms with Crippen molar-refractivity contribution >= 4 is 23.9 Å². The second-order valence-corrected chi connectivity index (χ2v) is 9.69. The minimum absolute atomic E-state index is 0.